The van der Waals surface area contributed by atoms with E-state index in [-0.39, 0.29) is 5.91 Å². The Bertz CT molecular complexity index is 791. The second-order valence-corrected chi connectivity index (χ2v) is 6.58. The summed E-state index contributed by atoms with van der Waals surface area (Å²) in [5.41, 5.74) is 8.43. The Morgan fingerprint density at radius 1 is 1.12 bits per heavy atom. The highest BCUT2D eigenvalue weighted by Gasteiger charge is 2.22. The van der Waals surface area contributed by atoms with Gasteiger partial charge in [-0.3, -0.25) is 4.79 Å². The van der Waals surface area contributed by atoms with Crippen LogP contribution in [0.4, 0.5) is 8.78 Å². The predicted octanol–water partition coefficient (Wildman–Crippen LogP) is 3.84. The number of carbonyl (C=O) groups excluding carboxylic acids is 1. The van der Waals surface area contributed by atoms with Crippen LogP contribution in [-0.4, -0.2) is 23.9 Å². The highest BCUT2D eigenvalue weighted by molar-refractivity contribution is 5.91. The molecule has 1 fully saturated rings. The number of benzene rings is 2. The molecule has 2 aromatic carbocycles. The summed E-state index contributed by atoms with van der Waals surface area (Å²) >= 11 is 0. The molecule has 26 heavy (non-hydrogen) atoms. The molecule has 3 nitrogen and oxygen atoms in total. The van der Waals surface area contributed by atoms with E-state index in [0.29, 0.717) is 31.1 Å². The lowest BCUT2D eigenvalue weighted by atomic mass is 9.88. The van der Waals surface area contributed by atoms with Crippen LogP contribution in [0.3, 0.4) is 0 Å². The fourth-order valence-electron chi connectivity index (χ4n) is 3.35. The lowest BCUT2D eigenvalue weighted by Crippen LogP contribution is -2.36. The fraction of sp³-hybridized carbons (Fsp3) is 0.286. The van der Waals surface area contributed by atoms with Crippen LogP contribution in [-0.2, 0) is 11.3 Å². The second-order valence-electron chi connectivity index (χ2n) is 6.58. The summed E-state index contributed by atoms with van der Waals surface area (Å²) in [5, 5.41) is 0. The first-order valence-corrected chi connectivity index (χ1v) is 8.77. The molecule has 1 aliphatic rings. The number of nitrogens with zero attached hydrogens (tertiary/aromatic N) is 1. The number of carbonyl (C=O) groups is 1. The molecule has 1 aliphatic heterocycles. The maximum atomic E-state index is 13.2. The van der Waals surface area contributed by atoms with Crippen molar-refractivity contribution in [2.75, 3.05) is 13.1 Å². The predicted molar refractivity (Wildman–Crippen MR) is 98.3 cm³/mol. The van der Waals surface area contributed by atoms with Gasteiger partial charge in [-0.15, -0.1) is 0 Å². The van der Waals surface area contributed by atoms with Crippen LogP contribution in [0.5, 0.6) is 0 Å². The maximum Gasteiger partial charge on any atom is 0.246 e. The number of piperidine rings is 1. The minimum absolute atomic E-state index is 0.135. The van der Waals surface area contributed by atoms with Crippen molar-refractivity contribution < 1.29 is 13.6 Å². The number of hydrogen-bond donors (Lipinski definition) is 1. The fourth-order valence-corrected chi connectivity index (χ4v) is 3.35. The molecular formula is C21H22F2N2O. The molecule has 1 saturated heterocycles. The average molecular weight is 356 g/mol. The summed E-state index contributed by atoms with van der Waals surface area (Å²) in [7, 11) is 0. The lowest BCUT2D eigenvalue weighted by molar-refractivity contribution is -0.126. The van der Waals surface area contributed by atoms with Gasteiger partial charge in [0.1, 0.15) is 11.6 Å². The number of hydrogen-bond acceptors (Lipinski definition) is 2. The summed E-state index contributed by atoms with van der Waals surface area (Å²) in [5.74, 6) is -1.02. The van der Waals surface area contributed by atoms with Crippen molar-refractivity contribution in [2.45, 2.75) is 25.3 Å². The zero-order chi connectivity index (χ0) is 18.5. The molecule has 0 unspecified atom stereocenters. The molecule has 0 radical (unpaired) electrons. The smallest absolute Gasteiger partial charge is 0.246 e. The van der Waals surface area contributed by atoms with Crippen molar-refractivity contribution in [2.24, 2.45) is 5.73 Å². The maximum absolute atomic E-state index is 13.2. The zero-order valence-corrected chi connectivity index (χ0v) is 14.5. The number of amides is 1. The first-order valence-electron chi connectivity index (χ1n) is 8.77. The van der Waals surface area contributed by atoms with Gasteiger partial charge in [0.2, 0.25) is 5.91 Å². The minimum Gasteiger partial charge on any atom is -0.339 e. The zero-order valence-electron chi connectivity index (χ0n) is 14.5. The highest BCUT2D eigenvalue weighted by Crippen LogP contribution is 2.28. The Morgan fingerprint density at radius 3 is 2.46 bits per heavy atom. The largest absolute Gasteiger partial charge is 0.339 e. The van der Waals surface area contributed by atoms with Crippen LogP contribution in [0, 0.1) is 11.6 Å². The Hall–Kier alpha value is -2.53. The van der Waals surface area contributed by atoms with E-state index in [9.17, 15) is 13.6 Å². The van der Waals surface area contributed by atoms with Gasteiger partial charge >= 0.3 is 0 Å². The standard InChI is InChI=1S/C21H22F2N2O/c22-19-11-15(12-20(23)13-19)4-5-21(26)25-8-6-17(7-9-25)18-3-1-2-16(10-18)14-24/h1-5,10-13,17H,6-9,14,24H2/b5-4+. The lowest BCUT2D eigenvalue weighted by Gasteiger charge is -2.31. The van der Waals surface area contributed by atoms with E-state index in [0.717, 1.165) is 24.5 Å². The van der Waals surface area contributed by atoms with Gasteiger partial charge in [-0.05, 0) is 53.7 Å². The van der Waals surface area contributed by atoms with Gasteiger partial charge in [0.05, 0.1) is 0 Å². The van der Waals surface area contributed by atoms with Gasteiger partial charge in [0, 0.05) is 31.8 Å². The Morgan fingerprint density at radius 2 is 1.81 bits per heavy atom. The molecule has 2 N–H and O–H groups in total. The first-order chi connectivity index (χ1) is 12.5. The van der Waals surface area contributed by atoms with Crippen molar-refractivity contribution in [1.82, 2.24) is 4.90 Å². The van der Waals surface area contributed by atoms with E-state index in [4.69, 9.17) is 5.73 Å². The molecule has 0 bridgehead atoms. The Labute approximate surface area is 152 Å². The second kappa shape index (κ2) is 8.23. The molecule has 2 aromatic rings. The molecule has 1 amide bonds. The normalized spacial score (nSPS) is 15.6. The summed E-state index contributed by atoms with van der Waals surface area (Å²) < 4.78 is 26.4. The van der Waals surface area contributed by atoms with Crippen LogP contribution >= 0.6 is 0 Å². The number of rotatable bonds is 4. The third-order valence-corrected chi connectivity index (χ3v) is 4.77. The molecule has 0 aromatic heterocycles. The van der Waals surface area contributed by atoms with Crippen molar-refractivity contribution >= 4 is 12.0 Å². The summed E-state index contributed by atoms with van der Waals surface area (Å²) in [4.78, 5) is 14.1. The van der Waals surface area contributed by atoms with Gasteiger partial charge < -0.3 is 10.6 Å². The van der Waals surface area contributed by atoms with Crippen LogP contribution in [0.2, 0.25) is 0 Å². The van der Waals surface area contributed by atoms with E-state index < -0.39 is 11.6 Å². The van der Waals surface area contributed by atoms with E-state index in [2.05, 4.69) is 12.1 Å². The molecule has 5 heteroatoms. The van der Waals surface area contributed by atoms with Gasteiger partial charge in [-0.25, -0.2) is 8.78 Å². The van der Waals surface area contributed by atoms with Crippen molar-refractivity contribution in [3.05, 3.63) is 76.9 Å². The molecule has 0 atom stereocenters. The minimum atomic E-state index is -0.655. The molecule has 0 aliphatic carbocycles. The van der Waals surface area contributed by atoms with Gasteiger partial charge in [-0.2, -0.15) is 0 Å². The summed E-state index contributed by atoms with van der Waals surface area (Å²) in [6.07, 6.45) is 4.61. The molecule has 1 heterocycles. The summed E-state index contributed by atoms with van der Waals surface area (Å²) in [6.45, 7) is 1.85. The topological polar surface area (TPSA) is 46.3 Å². The molecule has 0 spiro atoms. The van der Waals surface area contributed by atoms with Crippen LogP contribution < -0.4 is 5.73 Å². The third kappa shape index (κ3) is 4.55. The van der Waals surface area contributed by atoms with E-state index in [1.165, 1.54) is 29.8 Å². The first kappa shape index (κ1) is 18.3. The number of halogens is 2. The van der Waals surface area contributed by atoms with Gasteiger partial charge in [0.15, 0.2) is 0 Å². The van der Waals surface area contributed by atoms with Crippen LogP contribution in [0.1, 0.15) is 35.4 Å². The number of likely N-dealkylation sites (tertiary alicyclic amines) is 1. The van der Waals surface area contributed by atoms with Gasteiger partial charge in [0.25, 0.3) is 0 Å². The third-order valence-electron chi connectivity index (χ3n) is 4.77. The van der Waals surface area contributed by atoms with E-state index in [1.807, 2.05) is 12.1 Å². The monoisotopic (exact) mass is 356 g/mol. The van der Waals surface area contributed by atoms with Crippen molar-refractivity contribution in [3.8, 4) is 0 Å². The van der Waals surface area contributed by atoms with Gasteiger partial charge in [-0.1, -0.05) is 24.3 Å². The molecule has 3 rings (SSSR count). The van der Waals surface area contributed by atoms with Crippen molar-refractivity contribution in [3.63, 3.8) is 0 Å². The molecule has 136 valence electrons. The average Bonchev–Trinajstić information content (AvgIpc) is 2.65. The summed E-state index contributed by atoms with van der Waals surface area (Å²) in [6, 6.07) is 11.5. The van der Waals surface area contributed by atoms with E-state index in [1.54, 1.807) is 4.90 Å². The van der Waals surface area contributed by atoms with E-state index >= 15 is 0 Å². The molecule has 0 saturated carbocycles. The number of nitrogens with two attached hydrogens (primary N) is 1. The Kier molecular flexibility index (Phi) is 5.78. The Balaban J connectivity index is 1.58. The SMILES string of the molecule is NCc1cccc(C2CCN(C(=O)/C=C/c3cc(F)cc(F)c3)CC2)c1. The van der Waals surface area contributed by atoms with Crippen molar-refractivity contribution in [1.29, 1.82) is 0 Å². The quantitative estimate of drug-likeness (QED) is 0.846. The van der Waals surface area contributed by atoms with Crippen LogP contribution in [0.25, 0.3) is 6.08 Å². The molecular weight excluding hydrogens is 334 g/mol. The highest BCUT2D eigenvalue weighted by atomic mass is 19.1. The van der Waals surface area contributed by atoms with Crippen LogP contribution in [0.15, 0.2) is 48.5 Å².